The Hall–Kier alpha value is -2.55. The molecule has 0 saturated carbocycles. The Labute approximate surface area is 198 Å². The fraction of sp³-hybridized carbons (Fsp3) is 0.0435. The fourth-order valence-electron chi connectivity index (χ4n) is 3.66. The van der Waals surface area contributed by atoms with Gasteiger partial charge in [-0.1, -0.05) is 54.6 Å². The first-order valence-corrected chi connectivity index (χ1v) is 13.1. The van der Waals surface area contributed by atoms with Gasteiger partial charge in [0.05, 0.1) is 14.9 Å². The van der Waals surface area contributed by atoms with E-state index >= 15 is 0 Å². The summed E-state index contributed by atoms with van der Waals surface area (Å²) in [6.07, 6.45) is 0. The third-order valence-electron chi connectivity index (χ3n) is 4.76. The minimum absolute atomic E-state index is 0.137. The summed E-state index contributed by atoms with van der Waals surface area (Å²) in [5, 5.41) is 4.40. The minimum Gasteiger partial charge on any atom is -0.307 e. The third kappa shape index (κ3) is 5.88. The zero-order valence-corrected chi connectivity index (χ0v) is 20.0. The lowest BCUT2D eigenvalue weighted by atomic mass is 10.4. The van der Waals surface area contributed by atoms with Gasteiger partial charge in [0.25, 0.3) is 5.56 Å². The zero-order chi connectivity index (χ0) is 24.1. The summed E-state index contributed by atoms with van der Waals surface area (Å²) in [4.78, 5) is 20.7. The summed E-state index contributed by atoms with van der Waals surface area (Å²) in [7, 11) is -7.18. The molecule has 0 unspecified atom stereocenters. The molecule has 0 amide bonds. The highest BCUT2D eigenvalue weighted by atomic mass is 35.7. The minimum atomic E-state index is -4.69. The molecule has 4 rings (SSSR count). The van der Waals surface area contributed by atoms with Gasteiger partial charge in [-0.05, 0) is 43.3 Å². The molecule has 10 heteroatoms. The molecule has 0 aliphatic rings. The predicted octanol–water partition coefficient (Wildman–Crippen LogP) is -1.14. The number of aryl methyl sites for hydroxylation is 1. The van der Waals surface area contributed by atoms with Crippen molar-refractivity contribution in [3.8, 4) is 0 Å². The van der Waals surface area contributed by atoms with Gasteiger partial charge in [0, 0.05) is 0 Å². The van der Waals surface area contributed by atoms with Crippen molar-refractivity contribution < 1.29 is 28.9 Å². The Morgan fingerprint density at radius 2 is 1.15 bits per heavy atom. The van der Waals surface area contributed by atoms with Gasteiger partial charge in [0.15, 0.2) is 7.26 Å². The number of thiol groups is 1. The van der Waals surface area contributed by atoms with Crippen molar-refractivity contribution in [1.82, 2.24) is 9.97 Å². The van der Waals surface area contributed by atoms with E-state index in [-0.39, 0.29) is 5.56 Å². The summed E-state index contributed by atoms with van der Waals surface area (Å²) in [5.74, 6) is 0.561. The molecule has 1 heterocycles. The summed E-state index contributed by atoms with van der Waals surface area (Å²) in [6.45, 7) is 1.78. The van der Waals surface area contributed by atoms with Gasteiger partial charge in [-0.25, -0.2) is 4.98 Å². The van der Waals surface area contributed by atoms with E-state index in [1.807, 2.05) is 54.6 Å². The van der Waals surface area contributed by atoms with Crippen molar-refractivity contribution in [2.24, 2.45) is 0 Å². The highest BCUT2D eigenvalue weighted by Crippen LogP contribution is 2.54. The van der Waals surface area contributed by atoms with Crippen molar-refractivity contribution in [3.63, 3.8) is 0 Å². The zero-order valence-electron chi connectivity index (χ0n) is 17.5. The monoisotopic (exact) mass is 503 g/mol. The maximum absolute atomic E-state index is 13.3. The molecule has 0 atom stereocenters. The number of H-pyrrole nitrogens is 1. The molecule has 0 bridgehead atoms. The van der Waals surface area contributed by atoms with Crippen LogP contribution in [0.2, 0.25) is 0 Å². The Bertz CT molecular complexity index is 1150. The summed E-state index contributed by atoms with van der Waals surface area (Å²) in [6, 6.07) is 30.7. The number of nitrogens with zero attached hydrogens (tertiary/aromatic N) is 1. The molecular formula is C23H21ClN2O5PS+. The van der Waals surface area contributed by atoms with Crippen LogP contribution in [0.4, 0.5) is 0 Å². The Balaban J connectivity index is 0.000000555. The molecule has 4 aromatic rings. The lowest BCUT2D eigenvalue weighted by Gasteiger charge is -2.27. The molecule has 2 N–H and O–H groups in total. The Kier molecular flexibility index (Phi) is 8.05. The number of hydrogen-bond acceptors (Lipinski definition) is 7. The molecule has 0 aliphatic carbocycles. The van der Waals surface area contributed by atoms with E-state index in [1.165, 1.54) is 0 Å². The van der Waals surface area contributed by atoms with Crippen LogP contribution in [0.5, 0.6) is 0 Å². The normalized spacial score (nSPS) is 11.5. The van der Waals surface area contributed by atoms with Crippen LogP contribution in [0, 0.1) is 17.2 Å². The van der Waals surface area contributed by atoms with Crippen molar-refractivity contribution in [1.29, 1.82) is 0 Å². The summed E-state index contributed by atoms with van der Waals surface area (Å²) >= 11 is 4.68. The first-order valence-electron chi connectivity index (χ1n) is 9.63. The van der Waals surface area contributed by atoms with Gasteiger partial charge in [0.2, 0.25) is 5.30 Å². The standard InChI is InChI=1S/C23H19N2OPS.ClHO4/c1-17-24-22(26)21(23(28)25-17)27(18-11-5-2-6-12-18,19-13-7-3-8-14-19)20-15-9-4-10-16-20;2-1(3,4)5/h2-16H,1H3,(H-,24,25,26,28);(H,2,3,4,5)/p+1. The smallest absolute Gasteiger partial charge is 0.295 e. The number of aromatic amines is 1. The number of aromatic nitrogens is 2. The lowest BCUT2D eigenvalue weighted by Crippen LogP contribution is -2.58. The maximum Gasteiger partial charge on any atom is 0.295 e. The van der Waals surface area contributed by atoms with Gasteiger partial charge < -0.3 is 4.98 Å². The highest BCUT2D eigenvalue weighted by molar-refractivity contribution is 8.02. The SMILES string of the molecule is Cc1nc(S)c([P+](c2ccccc2)(c2ccccc2)c2ccccc2)c(=O)[nH]1.[O-][Cl+3]([O-])([O-])O. The van der Waals surface area contributed by atoms with Crippen molar-refractivity contribution in [2.75, 3.05) is 0 Å². The Morgan fingerprint density at radius 1 is 0.818 bits per heavy atom. The van der Waals surface area contributed by atoms with Crippen LogP contribution in [0.25, 0.3) is 0 Å². The van der Waals surface area contributed by atoms with Gasteiger partial charge in [-0.15, -0.1) is 12.6 Å². The second kappa shape index (κ2) is 10.6. The highest BCUT2D eigenvalue weighted by Gasteiger charge is 2.51. The van der Waals surface area contributed by atoms with Crippen LogP contribution >= 0.6 is 19.9 Å². The first-order chi connectivity index (χ1) is 15.6. The fourth-order valence-corrected chi connectivity index (χ4v) is 8.60. The van der Waals surface area contributed by atoms with E-state index in [4.69, 9.17) is 18.6 Å². The van der Waals surface area contributed by atoms with Crippen LogP contribution < -0.4 is 40.8 Å². The third-order valence-corrected chi connectivity index (χ3v) is 9.56. The average molecular weight is 504 g/mol. The van der Waals surface area contributed by atoms with Crippen molar-refractivity contribution in [2.45, 2.75) is 11.9 Å². The molecule has 0 fully saturated rings. The summed E-state index contributed by atoms with van der Waals surface area (Å²) in [5.41, 5.74) is -0.137. The number of hydrogen-bond donors (Lipinski definition) is 3. The van der Waals surface area contributed by atoms with Gasteiger partial charge >= 0.3 is 0 Å². The van der Waals surface area contributed by atoms with Gasteiger partial charge in [0.1, 0.15) is 26.8 Å². The first kappa shape index (κ1) is 25.1. The van der Waals surface area contributed by atoms with E-state index in [2.05, 4.69) is 59.0 Å². The molecule has 7 nitrogen and oxygen atoms in total. The number of benzene rings is 3. The second-order valence-corrected chi connectivity index (χ2v) is 11.5. The largest absolute Gasteiger partial charge is 0.307 e. The predicted molar refractivity (Wildman–Crippen MR) is 124 cm³/mol. The van der Waals surface area contributed by atoms with Crippen molar-refractivity contribution >= 4 is 41.1 Å². The Morgan fingerprint density at radius 3 is 1.45 bits per heavy atom. The molecule has 1 aromatic heterocycles. The molecule has 170 valence electrons. The van der Waals surface area contributed by atoms with E-state index in [1.54, 1.807) is 6.92 Å². The number of halogens is 1. The molecule has 0 saturated heterocycles. The average Bonchev–Trinajstić information content (AvgIpc) is 2.77. The van der Waals surface area contributed by atoms with Gasteiger partial charge in [-0.3, -0.25) is 4.79 Å². The van der Waals surface area contributed by atoms with E-state index in [0.717, 1.165) is 15.9 Å². The van der Waals surface area contributed by atoms with Gasteiger partial charge in [-0.2, -0.15) is 14.0 Å². The molecule has 0 aliphatic heterocycles. The number of nitrogens with one attached hydrogen (secondary N) is 1. The van der Waals surface area contributed by atoms with Crippen molar-refractivity contribution in [3.05, 3.63) is 107 Å². The molecule has 3 aromatic carbocycles. The van der Waals surface area contributed by atoms with Crippen LogP contribution in [0.1, 0.15) is 5.82 Å². The van der Waals surface area contributed by atoms with E-state index in [9.17, 15) is 4.79 Å². The molecule has 0 spiro atoms. The van der Waals surface area contributed by atoms with Crippen LogP contribution in [-0.2, 0) is 0 Å². The van der Waals surface area contributed by atoms with Crippen LogP contribution in [0.3, 0.4) is 0 Å². The number of rotatable bonds is 4. The molecule has 33 heavy (non-hydrogen) atoms. The van der Waals surface area contributed by atoms with E-state index < -0.39 is 17.5 Å². The molecule has 0 radical (unpaired) electrons. The quantitative estimate of drug-likeness (QED) is 0.183. The summed E-state index contributed by atoms with van der Waals surface area (Å²) < 4.78 is 32.7. The maximum atomic E-state index is 13.3. The van der Waals surface area contributed by atoms with E-state index in [0.29, 0.717) is 16.2 Å². The second-order valence-electron chi connectivity index (χ2n) is 6.90. The lowest BCUT2D eigenvalue weighted by molar-refractivity contribution is -1.92. The molecular weight excluding hydrogens is 483 g/mol. The van der Waals surface area contributed by atoms with Crippen LogP contribution in [0.15, 0.2) is 101 Å². The topological polar surface area (TPSA) is 135 Å². The van der Waals surface area contributed by atoms with Crippen LogP contribution in [-0.4, -0.2) is 14.6 Å².